The van der Waals surface area contributed by atoms with Crippen molar-refractivity contribution in [1.29, 1.82) is 0 Å². The van der Waals surface area contributed by atoms with Crippen molar-refractivity contribution < 1.29 is 44.0 Å². The third-order valence-corrected chi connectivity index (χ3v) is 5.25. The lowest BCUT2D eigenvalue weighted by atomic mass is 9.76. The van der Waals surface area contributed by atoms with Gasteiger partial charge in [-0.05, 0) is 18.8 Å². The maximum absolute atomic E-state index is 14.6. The van der Waals surface area contributed by atoms with Gasteiger partial charge in [-0.1, -0.05) is 0 Å². The summed E-state index contributed by atoms with van der Waals surface area (Å²) in [6, 6.07) is 0. The van der Waals surface area contributed by atoms with Crippen LogP contribution in [0.15, 0.2) is 0 Å². The number of ether oxygens (including phenoxy) is 2. The third-order valence-electron chi connectivity index (χ3n) is 4.25. The van der Waals surface area contributed by atoms with Gasteiger partial charge in [-0.3, -0.25) is 4.18 Å². The van der Waals surface area contributed by atoms with Crippen LogP contribution >= 0.6 is 0 Å². The van der Waals surface area contributed by atoms with E-state index in [1.165, 1.54) is 0 Å². The summed E-state index contributed by atoms with van der Waals surface area (Å²) < 4.78 is 100. The van der Waals surface area contributed by atoms with E-state index in [1.54, 1.807) is 0 Å². The van der Waals surface area contributed by atoms with Crippen LogP contribution in [0.3, 0.4) is 0 Å². The van der Waals surface area contributed by atoms with Gasteiger partial charge in [0.2, 0.25) is 0 Å². The molecule has 136 valence electrons. The second-order valence-electron chi connectivity index (χ2n) is 5.71. The Morgan fingerprint density at radius 1 is 1.09 bits per heavy atom. The van der Waals surface area contributed by atoms with Gasteiger partial charge in [-0.25, -0.2) is 8.78 Å². The number of rotatable bonds is 5. The fourth-order valence-electron chi connectivity index (χ4n) is 2.87. The fourth-order valence-corrected chi connectivity index (χ4v) is 3.35. The maximum atomic E-state index is 14.6. The molecule has 0 N–H and O–H groups in total. The molecule has 11 heteroatoms. The highest BCUT2D eigenvalue weighted by molar-refractivity contribution is 7.87. The Hall–Kier alpha value is -0.520. The molecule has 1 heterocycles. The van der Waals surface area contributed by atoms with Crippen LogP contribution in [0, 0.1) is 5.92 Å². The van der Waals surface area contributed by atoms with Crippen molar-refractivity contribution in [3.8, 4) is 0 Å². The molecule has 2 aliphatic rings. The molecule has 23 heavy (non-hydrogen) atoms. The van der Waals surface area contributed by atoms with E-state index in [4.69, 9.17) is 9.47 Å². The first kappa shape index (κ1) is 18.8. The van der Waals surface area contributed by atoms with Crippen molar-refractivity contribution >= 4 is 10.1 Å². The molecule has 1 spiro atoms. The quantitative estimate of drug-likeness (QED) is 0.424. The number of halogens is 5. The minimum atomic E-state index is -5.96. The van der Waals surface area contributed by atoms with E-state index < -0.39 is 46.3 Å². The summed E-state index contributed by atoms with van der Waals surface area (Å²) >= 11 is 0. The minimum Gasteiger partial charge on any atom is -0.348 e. The van der Waals surface area contributed by atoms with Gasteiger partial charge in [0.05, 0.1) is 13.2 Å². The highest BCUT2D eigenvalue weighted by Gasteiger charge is 2.52. The van der Waals surface area contributed by atoms with Gasteiger partial charge in [0.15, 0.2) is 11.5 Å². The van der Waals surface area contributed by atoms with Crippen LogP contribution in [0.4, 0.5) is 22.0 Å². The van der Waals surface area contributed by atoms with Crippen LogP contribution in [-0.2, 0) is 23.8 Å². The predicted molar refractivity (Wildman–Crippen MR) is 67.3 cm³/mol. The van der Waals surface area contributed by atoms with E-state index in [9.17, 15) is 30.4 Å². The number of hydrogen-bond acceptors (Lipinski definition) is 5. The third kappa shape index (κ3) is 3.94. The first-order valence-corrected chi connectivity index (χ1v) is 8.43. The Kier molecular flexibility index (Phi) is 5.25. The molecule has 0 aromatic carbocycles. The molecule has 1 aliphatic carbocycles. The molecule has 1 saturated heterocycles. The Morgan fingerprint density at radius 2 is 1.61 bits per heavy atom. The smallest absolute Gasteiger partial charge is 0.348 e. The molecule has 0 bridgehead atoms. The maximum Gasteiger partial charge on any atom is 0.523 e. The molecular formula is C12H17F5O5S. The summed E-state index contributed by atoms with van der Waals surface area (Å²) in [4.78, 5) is 0. The SMILES string of the molecule is O=S(=O)(OCC(F)(CF)C1CCC2(CC1)OCCO2)C(F)(F)F. The number of alkyl halides is 5. The topological polar surface area (TPSA) is 61.8 Å². The Morgan fingerprint density at radius 3 is 2.04 bits per heavy atom. The molecule has 1 atom stereocenters. The lowest BCUT2D eigenvalue weighted by Gasteiger charge is -2.40. The molecule has 2 rings (SSSR count). The largest absolute Gasteiger partial charge is 0.523 e. The molecule has 5 nitrogen and oxygen atoms in total. The molecule has 1 aliphatic heterocycles. The zero-order valence-electron chi connectivity index (χ0n) is 12.1. The monoisotopic (exact) mass is 368 g/mol. The Balaban J connectivity index is 1.98. The van der Waals surface area contributed by atoms with Gasteiger partial charge in [0, 0.05) is 12.8 Å². The zero-order valence-corrected chi connectivity index (χ0v) is 12.9. The average molecular weight is 368 g/mol. The molecule has 0 radical (unpaired) electrons. The van der Waals surface area contributed by atoms with Gasteiger partial charge in [0.1, 0.15) is 13.3 Å². The van der Waals surface area contributed by atoms with Crippen molar-refractivity contribution in [1.82, 2.24) is 0 Å². The number of hydrogen-bond donors (Lipinski definition) is 0. The van der Waals surface area contributed by atoms with Gasteiger partial charge < -0.3 is 9.47 Å². The summed E-state index contributed by atoms with van der Waals surface area (Å²) in [5, 5.41) is 0. The van der Waals surface area contributed by atoms with E-state index in [0.717, 1.165) is 0 Å². The summed E-state index contributed by atoms with van der Waals surface area (Å²) in [6.07, 6.45) is 0.705. The standard InChI is InChI=1S/C12H17F5O5S/c13-7-10(14,8-22-23(18,19)12(15,16)17)9-1-3-11(4-2-9)20-5-6-21-11/h9H,1-8H2. The average Bonchev–Trinajstić information content (AvgIpc) is 2.92. The van der Waals surface area contributed by atoms with Gasteiger partial charge >= 0.3 is 15.6 Å². The van der Waals surface area contributed by atoms with Gasteiger partial charge in [-0.15, -0.1) is 0 Å². The Labute approximate surface area is 130 Å². The highest BCUT2D eigenvalue weighted by atomic mass is 32.2. The zero-order chi connectivity index (χ0) is 17.4. The summed E-state index contributed by atoms with van der Waals surface area (Å²) in [5.41, 5.74) is -8.48. The van der Waals surface area contributed by atoms with E-state index >= 15 is 0 Å². The van der Waals surface area contributed by atoms with Crippen molar-refractivity contribution in [2.24, 2.45) is 5.92 Å². The minimum absolute atomic E-state index is 0.0931. The Bertz CT molecular complexity index is 506. The van der Waals surface area contributed by atoms with Gasteiger partial charge in [-0.2, -0.15) is 21.6 Å². The van der Waals surface area contributed by atoms with Gasteiger partial charge in [0.25, 0.3) is 0 Å². The van der Waals surface area contributed by atoms with E-state index in [2.05, 4.69) is 4.18 Å². The second kappa shape index (κ2) is 6.41. The van der Waals surface area contributed by atoms with E-state index in [1.807, 2.05) is 0 Å². The fraction of sp³-hybridized carbons (Fsp3) is 1.00. The molecule has 0 aromatic heterocycles. The summed E-state index contributed by atoms with van der Waals surface area (Å²) in [5.74, 6) is -1.82. The van der Waals surface area contributed by atoms with E-state index in [0.29, 0.717) is 13.2 Å². The van der Waals surface area contributed by atoms with Crippen LogP contribution in [0.2, 0.25) is 0 Å². The molecule has 1 unspecified atom stereocenters. The van der Waals surface area contributed by atoms with Crippen LogP contribution in [0.1, 0.15) is 25.7 Å². The van der Waals surface area contributed by atoms with Crippen molar-refractivity contribution in [3.63, 3.8) is 0 Å². The second-order valence-corrected chi connectivity index (χ2v) is 7.32. The van der Waals surface area contributed by atoms with E-state index in [-0.39, 0.29) is 25.7 Å². The predicted octanol–water partition coefficient (Wildman–Crippen LogP) is 2.46. The van der Waals surface area contributed by atoms with Crippen molar-refractivity contribution in [2.75, 3.05) is 26.5 Å². The van der Waals surface area contributed by atoms with Crippen LogP contribution < -0.4 is 0 Å². The normalized spacial score (nSPS) is 25.6. The molecular weight excluding hydrogens is 351 g/mol. The molecule has 1 saturated carbocycles. The molecule has 2 fully saturated rings. The van der Waals surface area contributed by atoms with Crippen molar-refractivity contribution in [2.45, 2.75) is 42.6 Å². The summed E-state index contributed by atoms with van der Waals surface area (Å²) in [7, 11) is -5.96. The van der Waals surface area contributed by atoms with Crippen LogP contribution in [0.25, 0.3) is 0 Å². The summed E-state index contributed by atoms with van der Waals surface area (Å²) in [6.45, 7) is -2.37. The highest BCUT2D eigenvalue weighted by Crippen LogP contribution is 2.44. The van der Waals surface area contributed by atoms with Crippen LogP contribution in [0.5, 0.6) is 0 Å². The van der Waals surface area contributed by atoms with Crippen molar-refractivity contribution in [3.05, 3.63) is 0 Å². The first-order chi connectivity index (χ1) is 10.5. The lowest BCUT2D eigenvalue weighted by Crippen LogP contribution is -2.47. The first-order valence-electron chi connectivity index (χ1n) is 7.02. The molecule has 0 aromatic rings. The molecule has 0 amide bonds. The van der Waals surface area contributed by atoms with Crippen LogP contribution in [-0.4, -0.2) is 51.9 Å². The lowest BCUT2D eigenvalue weighted by molar-refractivity contribution is -0.191.